The number of thiazole rings is 1. The van der Waals surface area contributed by atoms with E-state index in [0.717, 1.165) is 16.9 Å². The molecule has 0 unspecified atom stereocenters. The summed E-state index contributed by atoms with van der Waals surface area (Å²) >= 11 is 1.01. The number of para-hydroxylation sites is 1. The molecule has 0 saturated heterocycles. The monoisotopic (exact) mass is 551 g/mol. The molecule has 198 valence electrons. The summed E-state index contributed by atoms with van der Waals surface area (Å²) in [6.45, 7) is 5.22. The smallest absolute Gasteiger partial charge is 0.329 e. The molecule has 0 radical (unpaired) electrons. The number of hydrogen-bond donors (Lipinski definition) is 2. The van der Waals surface area contributed by atoms with Crippen molar-refractivity contribution in [1.29, 1.82) is 0 Å². The number of nitrogens with zero attached hydrogens (tertiary/aromatic N) is 1. The summed E-state index contributed by atoms with van der Waals surface area (Å²) in [5.41, 5.74) is 1.00. The number of carbonyl (C=O) groups is 2. The molecule has 1 heterocycles. The van der Waals surface area contributed by atoms with Gasteiger partial charge in [0.1, 0.15) is 17.7 Å². The number of aromatic nitrogens is 1. The summed E-state index contributed by atoms with van der Waals surface area (Å²) in [6, 6.07) is 22.4. The predicted molar refractivity (Wildman–Crippen MR) is 147 cm³/mol. The second kappa shape index (κ2) is 11.4. The van der Waals surface area contributed by atoms with E-state index in [1.54, 1.807) is 75.4 Å². The molecule has 8 nitrogen and oxygen atoms in total. The largest absolute Gasteiger partial charge is 0.458 e. The first-order valence-corrected chi connectivity index (χ1v) is 14.3. The minimum atomic E-state index is -4.18. The fourth-order valence-corrected chi connectivity index (χ4v) is 6.18. The second-order valence-electron chi connectivity index (χ2n) is 9.70. The highest BCUT2D eigenvalue weighted by Gasteiger charge is 2.33. The van der Waals surface area contributed by atoms with E-state index < -0.39 is 39.6 Å². The van der Waals surface area contributed by atoms with Crippen LogP contribution in [-0.4, -0.2) is 36.9 Å². The number of esters is 1. The van der Waals surface area contributed by atoms with Gasteiger partial charge in [-0.1, -0.05) is 72.8 Å². The molecule has 1 amide bonds. The molecule has 0 aliphatic rings. The van der Waals surface area contributed by atoms with Gasteiger partial charge in [-0.3, -0.25) is 4.79 Å². The molecule has 0 spiro atoms. The fraction of sp³-hybridized carbons (Fsp3) is 0.250. The highest BCUT2D eigenvalue weighted by atomic mass is 32.2. The molecule has 3 aromatic carbocycles. The summed E-state index contributed by atoms with van der Waals surface area (Å²) in [7, 11) is -4.18. The van der Waals surface area contributed by atoms with Crippen LogP contribution in [0.5, 0.6) is 0 Å². The summed E-state index contributed by atoms with van der Waals surface area (Å²) < 4.78 is 35.3. The predicted octanol–water partition coefficient (Wildman–Crippen LogP) is 4.39. The van der Waals surface area contributed by atoms with Crippen molar-refractivity contribution in [3.05, 3.63) is 96.1 Å². The van der Waals surface area contributed by atoms with Crippen LogP contribution >= 0.6 is 11.3 Å². The molecule has 0 aliphatic heterocycles. The third-order valence-corrected chi connectivity index (χ3v) is 8.30. The van der Waals surface area contributed by atoms with E-state index in [9.17, 15) is 18.0 Å². The molecule has 0 aliphatic carbocycles. The van der Waals surface area contributed by atoms with E-state index in [0.29, 0.717) is 15.8 Å². The van der Waals surface area contributed by atoms with Crippen molar-refractivity contribution in [2.75, 3.05) is 0 Å². The first-order chi connectivity index (χ1) is 18.0. The highest BCUT2D eigenvalue weighted by molar-refractivity contribution is 7.91. The Morgan fingerprint density at radius 2 is 1.53 bits per heavy atom. The van der Waals surface area contributed by atoms with E-state index in [4.69, 9.17) is 4.74 Å². The number of hydrogen-bond acceptors (Lipinski definition) is 7. The first-order valence-electron chi connectivity index (χ1n) is 12.0. The van der Waals surface area contributed by atoms with Gasteiger partial charge in [-0.25, -0.2) is 18.2 Å². The van der Waals surface area contributed by atoms with Crippen molar-refractivity contribution in [3.8, 4) is 0 Å². The van der Waals surface area contributed by atoms with Crippen LogP contribution in [0.25, 0.3) is 10.2 Å². The number of benzene rings is 3. The summed E-state index contributed by atoms with van der Waals surface area (Å²) in [6.07, 6.45) is 0.174. The second-order valence-corrected chi connectivity index (χ2v) is 12.6. The Morgan fingerprint density at radius 1 is 0.921 bits per heavy atom. The maximum Gasteiger partial charge on any atom is 0.329 e. The van der Waals surface area contributed by atoms with Gasteiger partial charge in [-0.05, 0) is 44.0 Å². The summed E-state index contributed by atoms with van der Waals surface area (Å²) in [5, 5.41) is 2.73. The lowest BCUT2D eigenvalue weighted by molar-refractivity contribution is -0.158. The van der Waals surface area contributed by atoms with Crippen molar-refractivity contribution in [2.45, 2.75) is 49.2 Å². The fourth-order valence-electron chi connectivity index (χ4n) is 3.76. The van der Waals surface area contributed by atoms with Crippen molar-refractivity contribution in [1.82, 2.24) is 15.0 Å². The highest BCUT2D eigenvalue weighted by Crippen LogP contribution is 2.27. The van der Waals surface area contributed by atoms with Gasteiger partial charge in [0, 0.05) is 6.42 Å². The molecule has 4 aromatic rings. The Morgan fingerprint density at radius 3 is 2.16 bits per heavy atom. The van der Waals surface area contributed by atoms with E-state index in [1.807, 2.05) is 30.3 Å². The third-order valence-electron chi connectivity index (χ3n) is 5.46. The number of amides is 1. The van der Waals surface area contributed by atoms with Crippen LogP contribution in [-0.2, 0) is 30.8 Å². The maximum absolute atomic E-state index is 13.6. The molecule has 0 fully saturated rings. The minimum absolute atomic E-state index is 0.152. The maximum atomic E-state index is 13.6. The summed E-state index contributed by atoms with van der Waals surface area (Å²) in [4.78, 5) is 31.0. The Balaban J connectivity index is 1.64. The van der Waals surface area contributed by atoms with Crippen molar-refractivity contribution in [2.24, 2.45) is 0 Å². The van der Waals surface area contributed by atoms with Crippen molar-refractivity contribution >= 4 is 43.5 Å². The number of carbonyl (C=O) groups excluding carboxylic acids is 2. The average Bonchev–Trinajstić information content (AvgIpc) is 3.33. The van der Waals surface area contributed by atoms with Gasteiger partial charge in [-0.2, -0.15) is 4.72 Å². The van der Waals surface area contributed by atoms with Gasteiger partial charge in [0.2, 0.25) is 10.2 Å². The Labute approximate surface area is 226 Å². The van der Waals surface area contributed by atoms with Crippen LogP contribution in [0.4, 0.5) is 0 Å². The van der Waals surface area contributed by atoms with Gasteiger partial charge in [-0.15, -0.1) is 11.3 Å². The van der Waals surface area contributed by atoms with Crippen LogP contribution in [0.3, 0.4) is 0 Å². The van der Waals surface area contributed by atoms with Crippen LogP contribution in [0.2, 0.25) is 0 Å². The number of sulfonamides is 1. The Kier molecular flexibility index (Phi) is 8.25. The average molecular weight is 552 g/mol. The quantitative estimate of drug-likeness (QED) is 0.298. The van der Waals surface area contributed by atoms with Crippen LogP contribution in [0.1, 0.15) is 37.9 Å². The number of rotatable bonds is 9. The van der Waals surface area contributed by atoms with Gasteiger partial charge >= 0.3 is 5.97 Å². The lowest BCUT2D eigenvalue weighted by atomic mass is 10.0. The molecule has 10 heteroatoms. The normalized spacial score (nSPS) is 13.6. The van der Waals surface area contributed by atoms with E-state index in [1.165, 1.54) is 0 Å². The molecule has 2 atom stereocenters. The minimum Gasteiger partial charge on any atom is -0.458 e. The summed E-state index contributed by atoms with van der Waals surface area (Å²) in [5.74, 6) is -1.30. The number of ether oxygens (including phenoxy) is 1. The molecule has 4 rings (SSSR count). The SMILES string of the molecule is CC(C)(C)OC(=O)[C@H](Cc1ccccc1)NC(=O)[C@H](NS(=O)(=O)c1nc2ccccc2s1)c1ccccc1. The van der Waals surface area contributed by atoms with Gasteiger partial charge in [0.25, 0.3) is 10.0 Å². The van der Waals surface area contributed by atoms with Gasteiger partial charge in [0.15, 0.2) is 0 Å². The zero-order chi connectivity index (χ0) is 27.3. The van der Waals surface area contributed by atoms with Gasteiger partial charge in [0.05, 0.1) is 10.2 Å². The standard InChI is InChI=1S/C28H29N3O5S2/c1-28(2,3)36-26(33)22(18-19-12-6-4-7-13-19)29-25(32)24(20-14-8-5-9-15-20)31-38(34,35)27-30-21-16-10-11-17-23(21)37-27/h4-17,22,24,31H,18H2,1-3H3,(H,29,32)/t22-,24+/m0/s1. The van der Waals surface area contributed by atoms with Crippen LogP contribution in [0.15, 0.2) is 89.3 Å². The zero-order valence-corrected chi connectivity index (χ0v) is 22.9. The van der Waals surface area contributed by atoms with Gasteiger partial charge < -0.3 is 10.1 Å². The van der Waals surface area contributed by atoms with E-state index in [-0.39, 0.29) is 10.8 Å². The topological polar surface area (TPSA) is 114 Å². The number of nitrogens with one attached hydrogen (secondary N) is 2. The first kappa shape index (κ1) is 27.4. The Hall–Kier alpha value is -3.60. The zero-order valence-electron chi connectivity index (χ0n) is 21.2. The van der Waals surface area contributed by atoms with E-state index >= 15 is 0 Å². The van der Waals surface area contributed by atoms with Crippen LogP contribution in [0, 0.1) is 0 Å². The molecule has 38 heavy (non-hydrogen) atoms. The lowest BCUT2D eigenvalue weighted by Crippen LogP contribution is -2.49. The molecule has 0 bridgehead atoms. The molecule has 0 saturated carbocycles. The van der Waals surface area contributed by atoms with Crippen molar-refractivity contribution < 1.29 is 22.7 Å². The number of fused-ring (bicyclic) bond motifs is 1. The van der Waals surface area contributed by atoms with E-state index in [2.05, 4.69) is 15.0 Å². The Bertz CT molecular complexity index is 1480. The van der Waals surface area contributed by atoms with Crippen LogP contribution < -0.4 is 10.0 Å². The third kappa shape index (κ3) is 7.03. The molecular formula is C28H29N3O5S2. The molecule has 2 N–H and O–H groups in total. The molecule has 1 aromatic heterocycles. The molecular weight excluding hydrogens is 522 g/mol. The van der Waals surface area contributed by atoms with Crippen molar-refractivity contribution in [3.63, 3.8) is 0 Å². The lowest BCUT2D eigenvalue weighted by Gasteiger charge is -2.26.